The van der Waals surface area contributed by atoms with Gasteiger partial charge in [0, 0.05) is 56.0 Å². The molecule has 2 aromatic carbocycles. The molecule has 0 radical (unpaired) electrons. The van der Waals surface area contributed by atoms with E-state index < -0.39 is 0 Å². The molecule has 0 bridgehead atoms. The van der Waals surface area contributed by atoms with Crippen molar-refractivity contribution in [2.45, 2.75) is 25.3 Å². The Balaban J connectivity index is 1.71. The first kappa shape index (κ1) is 22.2. The van der Waals surface area contributed by atoms with Crippen molar-refractivity contribution in [3.05, 3.63) is 105 Å². The predicted molar refractivity (Wildman–Crippen MR) is 124 cm³/mol. The van der Waals surface area contributed by atoms with Gasteiger partial charge in [0.05, 0.1) is 25.7 Å². The van der Waals surface area contributed by atoms with Gasteiger partial charge in [-0.25, -0.2) is 9.97 Å². The Morgan fingerprint density at radius 2 is 1.16 bits per heavy atom. The summed E-state index contributed by atoms with van der Waals surface area (Å²) in [4.78, 5) is 8.27. The molecular weight excluding hydrogens is 478 g/mol. The third kappa shape index (κ3) is 5.62. The molecule has 9 heteroatoms. The van der Waals surface area contributed by atoms with Gasteiger partial charge in [-0.15, -0.1) is 0 Å². The highest BCUT2D eigenvalue weighted by Gasteiger charge is 2.25. The van der Waals surface area contributed by atoms with Gasteiger partial charge in [-0.2, -0.15) is 0 Å². The van der Waals surface area contributed by atoms with E-state index in [2.05, 4.69) is 9.97 Å². The minimum Gasteiger partial charge on any atom is -0.362 e. The third-order valence-corrected chi connectivity index (χ3v) is 5.94. The molecule has 0 fully saturated rings. The van der Waals surface area contributed by atoms with Crippen molar-refractivity contribution in [2.75, 3.05) is 0 Å². The van der Waals surface area contributed by atoms with Gasteiger partial charge in [-0.3, -0.25) is 0 Å². The highest BCUT2D eigenvalue weighted by Crippen LogP contribution is 2.37. The van der Waals surface area contributed by atoms with Crippen LogP contribution in [0, 0.1) is 0 Å². The van der Waals surface area contributed by atoms with Crippen molar-refractivity contribution in [1.29, 1.82) is 0 Å². The number of aromatic nitrogens is 4. The van der Waals surface area contributed by atoms with Crippen LogP contribution in [0.15, 0.2) is 73.8 Å². The number of hydrogen-bond acceptors (Lipinski definition) is 3. The topological polar surface area (TPSA) is 44.9 Å². The summed E-state index contributed by atoms with van der Waals surface area (Å²) in [6.07, 6.45) is 9.89. The normalized spacial score (nSPS) is 13.3. The highest BCUT2D eigenvalue weighted by molar-refractivity contribution is 6.35. The Kier molecular flexibility index (Phi) is 7.20. The van der Waals surface area contributed by atoms with Crippen molar-refractivity contribution >= 4 is 46.4 Å². The predicted octanol–water partition coefficient (Wildman–Crippen LogP) is 6.89. The molecule has 0 N–H and O–H groups in total. The summed E-state index contributed by atoms with van der Waals surface area (Å²) in [5.41, 5.74) is 1.64. The number of halogens is 4. The third-order valence-electron chi connectivity index (χ3n) is 4.82. The average Bonchev–Trinajstić information content (AvgIpc) is 3.41. The zero-order chi connectivity index (χ0) is 21.8. The molecule has 0 amide bonds. The Labute approximate surface area is 200 Å². The number of benzene rings is 2. The molecule has 0 spiro atoms. The maximum atomic E-state index is 6.66. The summed E-state index contributed by atoms with van der Waals surface area (Å²) in [5, 5.41) is 2.18. The summed E-state index contributed by atoms with van der Waals surface area (Å²) in [6, 6.07) is 10.8. The molecule has 2 heterocycles. The van der Waals surface area contributed by atoms with Gasteiger partial charge in [0.15, 0.2) is 0 Å². The molecule has 4 rings (SSSR count). The van der Waals surface area contributed by atoms with Crippen LogP contribution in [0.25, 0.3) is 0 Å². The van der Waals surface area contributed by atoms with E-state index in [4.69, 9.17) is 51.1 Å². The van der Waals surface area contributed by atoms with Crippen molar-refractivity contribution in [1.82, 2.24) is 19.1 Å². The highest BCUT2D eigenvalue weighted by atomic mass is 35.5. The van der Waals surface area contributed by atoms with Crippen molar-refractivity contribution in [3.63, 3.8) is 0 Å². The quantitative estimate of drug-likeness (QED) is 0.267. The maximum Gasteiger partial charge on any atom is 0.103 e. The molecule has 4 aromatic rings. The number of rotatable bonds is 8. The Hall–Kier alpha value is -2.02. The van der Waals surface area contributed by atoms with Gasteiger partial charge in [0.1, 0.15) is 12.2 Å². The van der Waals surface area contributed by atoms with E-state index >= 15 is 0 Å². The molecule has 0 saturated carbocycles. The fraction of sp³-hybridized carbons (Fsp3) is 0.182. The second kappa shape index (κ2) is 10.1. The van der Waals surface area contributed by atoms with E-state index in [0.717, 1.165) is 11.1 Å². The van der Waals surface area contributed by atoms with Crippen LogP contribution in [0.2, 0.25) is 20.1 Å². The van der Waals surface area contributed by atoms with Gasteiger partial charge < -0.3 is 13.9 Å². The Morgan fingerprint density at radius 1 is 0.710 bits per heavy atom. The van der Waals surface area contributed by atoms with Crippen LogP contribution in [0.3, 0.4) is 0 Å². The number of imidazole rings is 2. The smallest absolute Gasteiger partial charge is 0.103 e. The van der Waals surface area contributed by atoms with Crippen LogP contribution in [-0.2, 0) is 17.8 Å². The molecule has 5 nitrogen and oxygen atoms in total. The van der Waals surface area contributed by atoms with Gasteiger partial charge in [-0.1, -0.05) is 58.5 Å². The second-order valence-corrected chi connectivity index (χ2v) is 8.65. The number of nitrogens with zero attached hydrogens (tertiary/aromatic N) is 4. The van der Waals surface area contributed by atoms with Crippen LogP contribution >= 0.6 is 46.4 Å². The van der Waals surface area contributed by atoms with Gasteiger partial charge in [0.2, 0.25) is 0 Å². The van der Waals surface area contributed by atoms with Crippen LogP contribution < -0.4 is 0 Å². The van der Waals surface area contributed by atoms with Crippen LogP contribution in [0.5, 0.6) is 0 Å². The first-order valence-corrected chi connectivity index (χ1v) is 11.0. The summed E-state index contributed by atoms with van der Waals surface area (Å²) >= 11 is 25.3. The van der Waals surface area contributed by atoms with E-state index in [1.165, 1.54) is 0 Å². The SMILES string of the molecule is Clc1ccc([C@H](Cn2ccnc2)O[C@@H](Cn2ccnc2)c2ccc(Cl)cc2Cl)c(Cl)c1. The van der Waals surface area contributed by atoms with E-state index in [1.54, 1.807) is 49.3 Å². The first-order valence-electron chi connectivity index (χ1n) is 9.46. The van der Waals surface area contributed by atoms with Crippen LogP contribution in [-0.4, -0.2) is 19.1 Å². The molecule has 0 saturated heterocycles. The van der Waals surface area contributed by atoms with Gasteiger partial charge in [-0.05, 0) is 24.3 Å². The summed E-state index contributed by atoms with van der Waals surface area (Å²) in [6.45, 7) is 1.01. The number of hydrogen-bond donors (Lipinski definition) is 0. The standard InChI is InChI=1S/C22H18Cl4N4O/c23-15-1-3-17(19(25)9-15)21(11-29-7-5-27-13-29)31-22(12-30-8-6-28-14-30)18-4-2-16(24)10-20(18)26/h1-10,13-14,21-22H,11-12H2/t21-,22-/m0/s1. The molecular formula is C22H18Cl4N4O. The van der Waals surface area contributed by atoms with Gasteiger partial charge >= 0.3 is 0 Å². The van der Waals surface area contributed by atoms with Crippen LogP contribution in [0.1, 0.15) is 23.3 Å². The molecule has 31 heavy (non-hydrogen) atoms. The monoisotopic (exact) mass is 494 g/mol. The van der Waals surface area contributed by atoms with E-state index in [-0.39, 0.29) is 12.2 Å². The van der Waals surface area contributed by atoms with E-state index in [1.807, 2.05) is 33.7 Å². The van der Waals surface area contributed by atoms with Crippen molar-refractivity contribution in [2.24, 2.45) is 0 Å². The largest absolute Gasteiger partial charge is 0.362 e. The van der Waals surface area contributed by atoms with Gasteiger partial charge in [0.25, 0.3) is 0 Å². The molecule has 0 aliphatic carbocycles. The summed E-state index contributed by atoms with van der Waals surface area (Å²) in [7, 11) is 0. The lowest BCUT2D eigenvalue weighted by molar-refractivity contribution is -0.0325. The van der Waals surface area contributed by atoms with Crippen molar-refractivity contribution < 1.29 is 4.74 Å². The average molecular weight is 496 g/mol. The lowest BCUT2D eigenvalue weighted by Crippen LogP contribution is -2.19. The minimum atomic E-state index is -0.390. The second-order valence-electron chi connectivity index (χ2n) is 6.96. The lowest BCUT2D eigenvalue weighted by Gasteiger charge is -2.27. The first-order chi connectivity index (χ1) is 15.0. The number of ether oxygens (including phenoxy) is 1. The Morgan fingerprint density at radius 3 is 1.52 bits per heavy atom. The molecule has 160 valence electrons. The zero-order valence-corrected chi connectivity index (χ0v) is 19.2. The lowest BCUT2D eigenvalue weighted by atomic mass is 10.1. The fourth-order valence-electron chi connectivity index (χ4n) is 3.33. The zero-order valence-electron chi connectivity index (χ0n) is 16.2. The fourth-order valence-corrected chi connectivity index (χ4v) is 4.39. The summed E-state index contributed by atoms with van der Waals surface area (Å²) < 4.78 is 10.5. The molecule has 2 atom stereocenters. The molecule has 0 aliphatic rings. The molecule has 0 aliphatic heterocycles. The van der Waals surface area contributed by atoms with Crippen LogP contribution in [0.4, 0.5) is 0 Å². The maximum absolute atomic E-state index is 6.66. The van der Waals surface area contributed by atoms with E-state index in [0.29, 0.717) is 33.2 Å². The minimum absolute atomic E-state index is 0.390. The molecule has 0 unspecified atom stereocenters. The van der Waals surface area contributed by atoms with E-state index in [9.17, 15) is 0 Å². The van der Waals surface area contributed by atoms with Crippen molar-refractivity contribution in [3.8, 4) is 0 Å². The Bertz CT molecular complexity index is 1040. The molecule has 2 aromatic heterocycles. The summed E-state index contributed by atoms with van der Waals surface area (Å²) in [5.74, 6) is 0.